The third kappa shape index (κ3) is 9.05. The molecule has 2 N–H and O–H groups in total. The second kappa shape index (κ2) is 14.1. The van der Waals surface area contributed by atoms with E-state index in [1.165, 1.54) is 0 Å². The molecule has 1 fully saturated rings. The van der Waals surface area contributed by atoms with Gasteiger partial charge in [-0.05, 0) is 43.9 Å². The van der Waals surface area contributed by atoms with Crippen molar-refractivity contribution in [3.8, 4) is 5.75 Å². The van der Waals surface area contributed by atoms with Gasteiger partial charge in [0, 0.05) is 26.3 Å². The monoisotopic (exact) mass is 477 g/mol. The van der Waals surface area contributed by atoms with Crippen molar-refractivity contribution in [2.45, 2.75) is 38.9 Å². The Kier molecular flexibility index (Phi) is 12.4. The average molecular weight is 477 g/mol. The SMILES string of the molecule is CCNC(=NCC1CCCO1)NCCCOCc1ccc(OC)cc1.I. The van der Waals surface area contributed by atoms with Crippen LogP contribution in [0.1, 0.15) is 31.7 Å². The molecule has 1 heterocycles. The Balaban J connectivity index is 0.00000338. The van der Waals surface area contributed by atoms with Crippen LogP contribution in [0, 0.1) is 0 Å². The number of benzene rings is 1. The molecule has 0 bridgehead atoms. The minimum Gasteiger partial charge on any atom is -0.497 e. The predicted molar refractivity (Wildman–Crippen MR) is 116 cm³/mol. The maximum absolute atomic E-state index is 5.72. The Labute approximate surface area is 174 Å². The second-order valence-corrected chi connectivity index (χ2v) is 6.04. The Morgan fingerprint density at radius 1 is 1.27 bits per heavy atom. The van der Waals surface area contributed by atoms with E-state index in [4.69, 9.17) is 14.2 Å². The van der Waals surface area contributed by atoms with Crippen molar-refractivity contribution < 1.29 is 14.2 Å². The molecular formula is C19H32IN3O3. The van der Waals surface area contributed by atoms with E-state index in [2.05, 4.69) is 22.5 Å². The lowest BCUT2D eigenvalue weighted by molar-refractivity contribution is 0.117. The van der Waals surface area contributed by atoms with E-state index >= 15 is 0 Å². The van der Waals surface area contributed by atoms with E-state index in [0.717, 1.165) is 62.8 Å². The molecule has 26 heavy (non-hydrogen) atoms. The highest BCUT2D eigenvalue weighted by Gasteiger charge is 2.14. The molecule has 0 amide bonds. The molecule has 1 saturated heterocycles. The van der Waals surface area contributed by atoms with E-state index in [9.17, 15) is 0 Å². The Hall–Kier alpha value is -1.06. The van der Waals surface area contributed by atoms with Crippen molar-refractivity contribution in [1.29, 1.82) is 0 Å². The van der Waals surface area contributed by atoms with Gasteiger partial charge in [-0.15, -0.1) is 24.0 Å². The highest BCUT2D eigenvalue weighted by atomic mass is 127. The van der Waals surface area contributed by atoms with Crippen LogP contribution in [0.25, 0.3) is 0 Å². The zero-order chi connectivity index (χ0) is 17.7. The van der Waals surface area contributed by atoms with Crippen molar-refractivity contribution in [3.05, 3.63) is 29.8 Å². The first-order valence-electron chi connectivity index (χ1n) is 9.16. The van der Waals surface area contributed by atoms with Gasteiger partial charge in [-0.3, -0.25) is 4.99 Å². The smallest absolute Gasteiger partial charge is 0.191 e. The number of rotatable bonds is 10. The van der Waals surface area contributed by atoms with E-state index in [-0.39, 0.29) is 30.1 Å². The molecule has 0 saturated carbocycles. The van der Waals surface area contributed by atoms with Crippen LogP contribution < -0.4 is 15.4 Å². The van der Waals surface area contributed by atoms with Crippen LogP contribution in [0.3, 0.4) is 0 Å². The van der Waals surface area contributed by atoms with E-state index in [0.29, 0.717) is 13.2 Å². The molecule has 1 unspecified atom stereocenters. The summed E-state index contributed by atoms with van der Waals surface area (Å²) in [4.78, 5) is 4.59. The number of hydrogen-bond acceptors (Lipinski definition) is 4. The van der Waals surface area contributed by atoms with Crippen LogP contribution in [0.5, 0.6) is 5.75 Å². The first kappa shape index (κ1) is 23.0. The summed E-state index contributed by atoms with van der Waals surface area (Å²) in [7, 11) is 1.67. The molecule has 1 atom stereocenters. The van der Waals surface area contributed by atoms with E-state index < -0.39 is 0 Å². The molecule has 2 rings (SSSR count). The van der Waals surface area contributed by atoms with Crippen LogP contribution in [-0.4, -0.2) is 52.0 Å². The molecule has 0 spiro atoms. The molecule has 1 aliphatic heterocycles. The predicted octanol–water partition coefficient (Wildman–Crippen LogP) is 2.95. The third-order valence-electron chi connectivity index (χ3n) is 4.01. The van der Waals surface area contributed by atoms with Crippen molar-refractivity contribution in [2.24, 2.45) is 4.99 Å². The summed E-state index contributed by atoms with van der Waals surface area (Å²) in [5.41, 5.74) is 1.15. The molecule has 1 aromatic rings. The number of halogens is 1. The van der Waals surface area contributed by atoms with Crippen LogP contribution in [-0.2, 0) is 16.1 Å². The summed E-state index contributed by atoms with van der Waals surface area (Å²) in [6.45, 7) is 6.69. The zero-order valence-electron chi connectivity index (χ0n) is 15.8. The quantitative estimate of drug-likeness (QED) is 0.235. The fourth-order valence-corrected chi connectivity index (χ4v) is 2.62. The Morgan fingerprint density at radius 3 is 2.73 bits per heavy atom. The van der Waals surface area contributed by atoms with Gasteiger partial charge in [0.05, 0.1) is 26.4 Å². The number of nitrogens with zero attached hydrogens (tertiary/aromatic N) is 1. The summed E-state index contributed by atoms with van der Waals surface area (Å²) < 4.78 is 16.5. The Bertz CT molecular complexity index is 505. The van der Waals surface area contributed by atoms with Crippen LogP contribution in [0.2, 0.25) is 0 Å². The standard InChI is InChI=1S/C19H31N3O3.HI/c1-3-20-19(22-14-18-6-4-13-25-18)21-11-5-12-24-15-16-7-9-17(23-2)10-8-16;/h7-10,18H,3-6,11-15H2,1-2H3,(H2,20,21,22);1H. The fraction of sp³-hybridized carbons (Fsp3) is 0.632. The third-order valence-corrected chi connectivity index (χ3v) is 4.01. The first-order valence-corrected chi connectivity index (χ1v) is 9.16. The summed E-state index contributed by atoms with van der Waals surface area (Å²) in [5.74, 6) is 1.72. The topological polar surface area (TPSA) is 64.1 Å². The van der Waals surface area contributed by atoms with Gasteiger partial charge in [-0.2, -0.15) is 0 Å². The molecule has 6 nitrogen and oxygen atoms in total. The summed E-state index contributed by atoms with van der Waals surface area (Å²) in [6.07, 6.45) is 3.47. The van der Waals surface area contributed by atoms with Crippen molar-refractivity contribution in [3.63, 3.8) is 0 Å². The van der Waals surface area contributed by atoms with Gasteiger partial charge >= 0.3 is 0 Å². The Morgan fingerprint density at radius 2 is 2.08 bits per heavy atom. The number of methoxy groups -OCH3 is 1. The van der Waals surface area contributed by atoms with Gasteiger partial charge in [-0.1, -0.05) is 12.1 Å². The minimum absolute atomic E-state index is 0. The highest BCUT2D eigenvalue weighted by molar-refractivity contribution is 14.0. The number of hydrogen-bond donors (Lipinski definition) is 2. The number of guanidine groups is 1. The highest BCUT2D eigenvalue weighted by Crippen LogP contribution is 2.12. The largest absolute Gasteiger partial charge is 0.497 e. The lowest BCUT2D eigenvalue weighted by Crippen LogP contribution is -2.38. The minimum atomic E-state index is 0. The van der Waals surface area contributed by atoms with E-state index in [1.807, 2.05) is 24.3 Å². The van der Waals surface area contributed by atoms with Gasteiger partial charge in [0.25, 0.3) is 0 Å². The normalized spacial score (nSPS) is 16.8. The molecule has 0 aliphatic carbocycles. The zero-order valence-corrected chi connectivity index (χ0v) is 18.2. The van der Waals surface area contributed by atoms with Crippen LogP contribution in [0.15, 0.2) is 29.3 Å². The lowest BCUT2D eigenvalue weighted by Gasteiger charge is -2.13. The van der Waals surface area contributed by atoms with Gasteiger partial charge in [0.2, 0.25) is 0 Å². The second-order valence-electron chi connectivity index (χ2n) is 6.04. The van der Waals surface area contributed by atoms with Crippen LogP contribution >= 0.6 is 24.0 Å². The molecule has 1 aliphatic rings. The molecule has 0 aromatic heterocycles. The molecule has 148 valence electrons. The molecule has 0 radical (unpaired) electrons. The number of nitrogens with one attached hydrogen (secondary N) is 2. The van der Waals surface area contributed by atoms with E-state index in [1.54, 1.807) is 7.11 Å². The average Bonchev–Trinajstić information content (AvgIpc) is 3.16. The fourth-order valence-electron chi connectivity index (χ4n) is 2.62. The van der Waals surface area contributed by atoms with Crippen molar-refractivity contribution >= 4 is 29.9 Å². The van der Waals surface area contributed by atoms with Crippen LogP contribution in [0.4, 0.5) is 0 Å². The summed E-state index contributed by atoms with van der Waals surface area (Å²) in [6, 6.07) is 7.96. The van der Waals surface area contributed by atoms with Gasteiger partial charge < -0.3 is 24.8 Å². The molecular weight excluding hydrogens is 445 g/mol. The first-order chi connectivity index (χ1) is 12.3. The maximum Gasteiger partial charge on any atom is 0.191 e. The number of aliphatic imine (C=N–C) groups is 1. The van der Waals surface area contributed by atoms with Gasteiger partial charge in [-0.25, -0.2) is 0 Å². The van der Waals surface area contributed by atoms with Gasteiger partial charge in [0.1, 0.15) is 5.75 Å². The van der Waals surface area contributed by atoms with Gasteiger partial charge in [0.15, 0.2) is 5.96 Å². The molecule has 1 aromatic carbocycles. The summed E-state index contributed by atoms with van der Waals surface area (Å²) in [5, 5.41) is 6.61. The summed E-state index contributed by atoms with van der Waals surface area (Å²) >= 11 is 0. The van der Waals surface area contributed by atoms with Crippen molar-refractivity contribution in [2.75, 3.05) is 40.0 Å². The number of ether oxygens (including phenoxy) is 3. The van der Waals surface area contributed by atoms with Crippen molar-refractivity contribution in [1.82, 2.24) is 10.6 Å². The molecule has 7 heteroatoms. The lowest BCUT2D eigenvalue weighted by atomic mass is 10.2. The maximum atomic E-state index is 5.72.